The molecule has 0 fully saturated rings. The summed E-state index contributed by atoms with van der Waals surface area (Å²) < 4.78 is 1.33. The van der Waals surface area contributed by atoms with Crippen LogP contribution in [0.1, 0.15) is 58.3 Å². The van der Waals surface area contributed by atoms with Crippen LogP contribution in [-0.2, 0) is 20.8 Å². The van der Waals surface area contributed by atoms with E-state index < -0.39 is 22.9 Å². The van der Waals surface area contributed by atoms with E-state index in [-0.39, 0.29) is 41.9 Å². The SMILES string of the molecule is CCC(C(=O)NCC(=O)CSCc1ccccc1)n1cc(C(C)(C)C)nc(NC/C(=N/O)C(C)=N)c1=O. The first kappa shape index (κ1) is 29.8. The number of thioether (sulfide) groups is 1. The number of carbonyl (C=O) groups excluding carboxylic acids is 2. The summed E-state index contributed by atoms with van der Waals surface area (Å²) in [4.78, 5) is 43.1. The highest BCUT2D eigenvalue weighted by Crippen LogP contribution is 2.22. The summed E-state index contributed by atoms with van der Waals surface area (Å²) in [7, 11) is 0. The van der Waals surface area contributed by atoms with Gasteiger partial charge >= 0.3 is 0 Å². The summed E-state index contributed by atoms with van der Waals surface area (Å²) in [5.74, 6) is 0.410. The number of benzene rings is 1. The van der Waals surface area contributed by atoms with Crippen LogP contribution in [0.25, 0.3) is 0 Å². The lowest BCUT2D eigenvalue weighted by molar-refractivity contribution is -0.127. The summed E-state index contributed by atoms with van der Waals surface area (Å²) in [5.41, 5.74) is 0.836. The highest BCUT2D eigenvalue weighted by Gasteiger charge is 2.26. The van der Waals surface area contributed by atoms with Crippen LogP contribution in [0.5, 0.6) is 0 Å². The van der Waals surface area contributed by atoms with Crippen molar-refractivity contribution in [2.45, 2.75) is 58.2 Å². The molecule has 1 unspecified atom stereocenters. The molecule has 4 N–H and O–H groups in total. The van der Waals surface area contributed by atoms with E-state index in [9.17, 15) is 14.4 Å². The van der Waals surface area contributed by atoms with E-state index in [1.807, 2.05) is 51.1 Å². The van der Waals surface area contributed by atoms with Gasteiger partial charge in [0, 0.05) is 17.4 Å². The second kappa shape index (κ2) is 13.7. The molecule has 0 saturated carbocycles. The Labute approximate surface area is 221 Å². The first-order valence-corrected chi connectivity index (χ1v) is 13.2. The number of amides is 1. The third-order valence-electron chi connectivity index (χ3n) is 5.54. The first-order chi connectivity index (χ1) is 17.5. The molecule has 0 saturated heterocycles. The van der Waals surface area contributed by atoms with Crippen LogP contribution in [0.4, 0.5) is 5.82 Å². The van der Waals surface area contributed by atoms with Gasteiger partial charge in [-0.15, -0.1) is 11.8 Å². The summed E-state index contributed by atoms with van der Waals surface area (Å²) >= 11 is 1.48. The predicted molar refractivity (Wildman–Crippen MR) is 148 cm³/mol. The molecule has 2 rings (SSSR count). The Morgan fingerprint density at radius 1 is 1.22 bits per heavy atom. The Morgan fingerprint density at radius 3 is 2.46 bits per heavy atom. The molecule has 0 aliphatic rings. The maximum Gasteiger partial charge on any atom is 0.294 e. The number of aromatic nitrogens is 2. The van der Waals surface area contributed by atoms with Crippen molar-refractivity contribution in [3.8, 4) is 0 Å². The standard InChI is InChI=1S/C26H36N6O4S/c1-6-21(24(34)29-12-19(33)16-37-15-18-10-8-7-9-11-18)32-14-22(26(3,4)5)30-23(25(32)35)28-13-20(31-36)17(2)27/h7-11,14,21,27,36H,6,12-13,15-16H2,1-5H3,(H,28,30)(H,29,34)/b27-17?,31-20-. The third-order valence-corrected chi connectivity index (χ3v) is 6.60. The van der Waals surface area contributed by atoms with Gasteiger partial charge in [0.2, 0.25) is 5.91 Å². The minimum Gasteiger partial charge on any atom is -0.411 e. The highest BCUT2D eigenvalue weighted by molar-refractivity contribution is 7.99. The van der Waals surface area contributed by atoms with Gasteiger partial charge in [0.25, 0.3) is 5.56 Å². The number of hydrogen-bond acceptors (Lipinski definition) is 9. The molecule has 0 spiro atoms. The quantitative estimate of drug-likeness (QED) is 0.177. The molecule has 0 aliphatic heterocycles. The largest absolute Gasteiger partial charge is 0.411 e. The molecule has 1 amide bonds. The van der Waals surface area contributed by atoms with Crippen molar-refractivity contribution in [2.75, 3.05) is 24.2 Å². The number of Topliss-reactive ketones (excluding diaryl/α,β-unsaturated/α-hetero) is 1. The molecule has 0 bridgehead atoms. The van der Waals surface area contributed by atoms with E-state index in [1.165, 1.54) is 23.3 Å². The second-order valence-electron chi connectivity index (χ2n) is 9.62. The van der Waals surface area contributed by atoms with E-state index in [2.05, 4.69) is 20.8 Å². The number of carbonyl (C=O) groups is 2. The van der Waals surface area contributed by atoms with Gasteiger partial charge in [0.05, 0.1) is 30.2 Å². The van der Waals surface area contributed by atoms with Crippen molar-refractivity contribution in [1.82, 2.24) is 14.9 Å². The zero-order chi connectivity index (χ0) is 27.6. The normalized spacial score (nSPS) is 12.6. The third kappa shape index (κ3) is 8.85. The Balaban J connectivity index is 2.16. The molecule has 1 aromatic carbocycles. The maximum absolute atomic E-state index is 13.3. The van der Waals surface area contributed by atoms with Crippen LogP contribution in [0.3, 0.4) is 0 Å². The smallest absolute Gasteiger partial charge is 0.294 e. The number of ketones is 1. The monoisotopic (exact) mass is 528 g/mol. The van der Waals surface area contributed by atoms with Crippen LogP contribution in [0.15, 0.2) is 46.5 Å². The lowest BCUT2D eigenvalue weighted by Crippen LogP contribution is -2.41. The molecule has 10 nitrogen and oxygen atoms in total. The Hall–Kier alpha value is -3.47. The topological polar surface area (TPSA) is 150 Å². The Bertz CT molecular complexity index is 1190. The van der Waals surface area contributed by atoms with Crippen molar-refractivity contribution in [3.63, 3.8) is 0 Å². The molecule has 2 aromatic rings. The fourth-order valence-corrected chi connectivity index (χ4v) is 4.21. The molecule has 37 heavy (non-hydrogen) atoms. The molecular formula is C26H36N6O4S. The van der Waals surface area contributed by atoms with Crippen LogP contribution in [-0.4, -0.2) is 56.7 Å². The van der Waals surface area contributed by atoms with E-state index in [0.29, 0.717) is 17.9 Å². The maximum atomic E-state index is 13.3. The summed E-state index contributed by atoms with van der Waals surface area (Å²) in [6.07, 6.45) is 1.89. The fraction of sp³-hybridized carbons (Fsp3) is 0.462. The van der Waals surface area contributed by atoms with Crippen molar-refractivity contribution in [3.05, 3.63) is 58.1 Å². The number of oxime groups is 1. The zero-order valence-electron chi connectivity index (χ0n) is 22.0. The molecule has 200 valence electrons. The van der Waals surface area contributed by atoms with E-state index >= 15 is 0 Å². The molecule has 0 radical (unpaired) electrons. The van der Waals surface area contributed by atoms with Gasteiger partial charge in [0.1, 0.15) is 11.8 Å². The van der Waals surface area contributed by atoms with E-state index in [0.717, 1.165) is 5.56 Å². The molecule has 0 aliphatic carbocycles. The Kier molecular flexibility index (Phi) is 11.0. The van der Waals surface area contributed by atoms with Crippen LogP contribution in [0, 0.1) is 5.41 Å². The van der Waals surface area contributed by atoms with Gasteiger partial charge < -0.3 is 21.3 Å². The van der Waals surface area contributed by atoms with Gasteiger partial charge in [-0.2, -0.15) is 0 Å². The lowest BCUT2D eigenvalue weighted by Gasteiger charge is -2.24. The fourth-order valence-electron chi connectivity index (χ4n) is 3.35. The van der Waals surface area contributed by atoms with Crippen LogP contribution < -0.4 is 16.2 Å². The van der Waals surface area contributed by atoms with Gasteiger partial charge in [-0.1, -0.05) is 63.2 Å². The average Bonchev–Trinajstić information content (AvgIpc) is 2.85. The summed E-state index contributed by atoms with van der Waals surface area (Å²) in [5, 5.41) is 25.4. The summed E-state index contributed by atoms with van der Waals surface area (Å²) in [6, 6.07) is 8.98. The van der Waals surface area contributed by atoms with Gasteiger partial charge in [0.15, 0.2) is 11.6 Å². The van der Waals surface area contributed by atoms with E-state index in [4.69, 9.17) is 10.6 Å². The molecular weight excluding hydrogens is 492 g/mol. The van der Waals surface area contributed by atoms with Gasteiger partial charge in [-0.3, -0.25) is 19.0 Å². The van der Waals surface area contributed by atoms with Gasteiger partial charge in [-0.05, 0) is 18.9 Å². The van der Waals surface area contributed by atoms with Gasteiger partial charge in [-0.25, -0.2) is 4.98 Å². The number of hydrogen-bond donors (Lipinski definition) is 4. The van der Waals surface area contributed by atoms with E-state index in [1.54, 1.807) is 13.1 Å². The number of rotatable bonds is 13. The van der Waals surface area contributed by atoms with Crippen molar-refractivity contribution in [1.29, 1.82) is 5.41 Å². The molecule has 1 heterocycles. The Morgan fingerprint density at radius 2 is 1.89 bits per heavy atom. The number of nitrogens with zero attached hydrogens (tertiary/aromatic N) is 3. The number of anilines is 1. The second-order valence-corrected chi connectivity index (χ2v) is 10.6. The number of nitrogens with one attached hydrogen (secondary N) is 3. The molecule has 1 atom stereocenters. The minimum absolute atomic E-state index is 0.0190. The molecule has 11 heteroatoms. The van der Waals surface area contributed by atoms with Crippen LogP contribution >= 0.6 is 11.8 Å². The predicted octanol–water partition coefficient (Wildman–Crippen LogP) is 3.39. The molecule has 1 aromatic heterocycles. The van der Waals surface area contributed by atoms with Crippen molar-refractivity contribution in [2.24, 2.45) is 5.16 Å². The summed E-state index contributed by atoms with van der Waals surface area (Å²) in [6.45, 7) is 8.85. The minimum atomic E-state index is -0.850. The first-order valence-electron chi connectivity index (χ1n) is 12.0. The average molecular weight is 529 g/mol. The van der Waals surface area contributed by atoms with Crippen molar-refractivity contribution < 1.29 is 14.8 Å². The lowest BCUT2D eigenvalue weighted by atomic mass is 9.92. The zero-order valence-corrected chi connectivity index (χ0v) is 22.8. The van der Waals surface area contributed by atoms with Crippen LogP contribution in [0.2, 0.25) is 0 Å². The van der Waals surface area contributed by atoms with Crippen molar-refractivity contribution >= 4 is 40.7 Å². The highest BCUT2D eigenvalue weighted by atomic mass is 32.2.